The second kappa shape index (κ2) is 8.15. The summed E-state index contributed by atoms with van der Waals surface area (Å²) in [6.45, 7) is 6.18. The monoisotopic (exact) mass is 290 g/mol. The number of rotatable bonds is 7. The summed E-state index contributed by atoms with van der Waals surface area (Å²) in [4.78, 5) is 14.0. The molecule has 0 bridgehead atoms. The van der Waals surface area contributed by atoms with Gasteiger partial charge in [0, 0.05) is 6.54 Å². The number of ether oxygens (including phenoxy) is 1. The van der Waals surface area contributed by atoms with Crippen molar-refractivity contribution in [2.45, 2.75) is 26.2 Å². The van der Waals surface area contributed by atoms with Crippen LogP contribution in [0.15, 0.2) is 24.3 Å². The van der Waals surface area contributed by atoms with E-state index in [4.69, 9.17) is 10.5 Å². The molecular weight excluding hydrogens is 264 g/mol. The van der Waals surface area contributed by atoms with Crippen LogP contribution in [-0.2, 0) is 0 Å². The Morgan fingerprint density at radius 3 is 2.71 bits per heavy atom. The van der Waals surface area contributed by atoms with Crippen LogP contribution in [0.4, 0.5) is 0 Å². The number of carbonyl (C=O) groups is 1. The molecule has 0 atom stereocenters. The number of nitrogens with zero attached hydrogens (tertiary/aromatic N) is 1. The molecule has 0 unspecified atom stereocenters. The standard InChI is InChI=1S/C17H26N2O2/c1-14(20)16-4-2-3-5-17(16)21-13-12-19-10-7-15(6-9-18)8-11-19/h2-5,15H,6-13,18H2,1H3. The van der Waals surface area contributed by atoms with Gasteiger partial charge in [0.2, 0.25) is 0 Å². The second-order valence-corrected chi connectivity index (χ2v) is 5.76. The lowest BCUT2D eigenvalue weighted by molar-refractivity contribution is 0.101. The van der Waals surface area contributed by atoms with Crippen LogP contribution in [0, 0.1) is 5.92 Å². The van der Waals surface area contributed by atoms with Crippen molar-refractivity contribution in [1.82, 2.24) is 4.90 Å². The molecule has 2 N–H and O–H groups in total. The van der Waals surface area contributed by atoms with Gasteiger partial charge in [-0.3, -0.25) is 9.69 Å². The summed E-state index contributed by atoms with van der Waals surface area (Å²) in [6, 6.07) is 7.45. The first-order valence-electron chi connectivity index (χ1n) is 7.86. The van der Waals surface area contributed by atoms with E-state index in [-0.39, 0.29) is 5.78 Å². The minimum Gasteiger partial charge on any atom is -0.491 e. The Morgan fingerprint density at radius 2 is 2.05 bits per heavy atom. The van der Waals surface area contributed by atoms with Gasteiger partial charge in [0.1, 0.15) is 12.4 Å². The second-order valence-electron chi connectivity index (χ2n) is 5.76. The normalized spacial score (nSPS) is 16.9. The Bertz CT molecular complexity index is 454. The van der Waals surface area contributed by atoms with Crippen LogP contribution in [0.5, 0.6) is 5.75 Å². The van der Waals surface area contributed by atoms with Crippen molar-refractivity contribution in [3.63, 3.8) is 0 Å². The maximum absolute atomic E-state index is 11.5. The summed E-state index contributed by atoms with van der Waals surface area (Å²) >= 11 is 0. The third kappa shape index (κ3) is 4.83. The third-order valence-electron chi connectivity index (χ3n) is 4.21. The molecule has 0 amide bonds. The summed E-state index contributed by atoms with van der Waals surface area (Å²) in [7, 11) is 0. The maximum atomic E-state index is 11.5. The molecule has 1 saturated heterocycles. The highest BCUT2D eigenvalue weighted by Gasteiger charge is 2.18. The lowest BCUT2D eigenvalue weighted by Crippen LogP contribution is -2.37. The first kappa shape index (κ1) is 16.0. The zero-order chi connectivity index (χ0) is 15.1. The van der Waals surface area contributed by atoms with Gasteiger partial charge >= 0.3 is 0 Å². The molecule has 0 saturated carbocycles. The van der Waals surface area contributed by atoms with Gasteiger partial charge in [0.05, 0.1) is 5.56 Å². The number of hydrogen-bond donors (Lipinski definition) is 1. The average Bonchev–Trinajstić information content (AvgIpc) is 2.50. The topological polar surface area (TPSA) is 55.6 Å². The highest BCUT2D eigenvalue weighted by Crippen LogP contribution is 2.21. The van der Waals surface area contributed by atoms with Gasteiger partial charge in [0.25, 0.3) is 0 Å². The minimum absolute atomic E-state index is 0.0493. The van der Waals surface area contributed by atoms with E-state index < -0.39 is 0 Å². The Balaban J connectivity index is 1.74. The summed E-state index contributed by atoms with van der Waals surface area (Å²) in [6.07, 6.45) is 3.62. The molecule has 1 fully saturated rings. The number of para-hydroxylation sites is 1. The van der Waals surface area contributed by atoms with E-state index in [0.717, 1.165) is 38.5 Å². The lowest BCUT2D eigenvalue weighted by Gasteiger charge is -2.31. The fraction of sp³-hybridized carbons (Fsp3) is 0.588. The highest BCUT2D eigenvalue weighted by atomic mass is 16.5. The van der Waals surface area contributed by atoms with Gasteiger partial charge < -0.3 is 10.5 Å². The van der Waals surface area contributed by atoms with Crippen molar-refractivity contribution in [2.24, 2.45) is 11.7 Å². The van der Waals surface area contributed by atoms with Crippen LogP contribution < -0.4 is 10.5 Å². The van der Waals surface area contributed by atoms with E-state index in [9.17, 15) is 4.79 Å². The van der Waals surface area contributed by atoms with E-state index in [0.29, 0.717) is 17.9 Å². The first-order chi connectivity index (χ1) is 10.2. The van der Waals surface area contributed by atoms with Crippen LogP contribution >= 0.6 is 0 Å². The zero-order valence-electron chi connectivity index (χ0n) is 12.9. The van der Waals surface area contributed by atoms with Crippen LogP contribution in [0.25, 0.3) is 0 Å². The zero-order valence-corrected chi connectivity index (χ0v) is 12.9. The third-order valence-corrected chi connectivity index (χ3v) is 4.21. The van der Waals surface area contributed by atoms with Crippen molar-refractivity contribution in [1.29, 1.82) is 0 Å². The number of likely N-dealkylation sites (tertiary alicyclic amines) is 1. The van der Waals surface area contributed by atoms with E-state index >= 15 is 0 Å². The number of benzene rings is 1. The van der Waals surface area contributed by atoms with E-state index in [2.05, 4.69) is 4.90 Å². The number of piperidine rings is 1. The molecule has 1 heterocycles. The van der Waals surface area contributed by atoms with Crippen LogP contribution in [0.1, 0.15) is 36.5 Å². The molecule has 4 nitrogen and oxygen atoms in total. The van der Waals surface area contributed by atoms with Crippen molar-refractivity contribution < 1.29 is 9.53 Å². The fourth-order valence-electron chi connectivity index (χ4n) is 2.90. The minimum atomic E-state index is 0.0493. The van der Waals surface area contributed by atoms with Crippen LogP contribution in [-0.4, -0.2) is 43.5 Å². The van der Waals surface area contributed by atoms with Gasteiger partial charge in [-0.2, -0.15) is 0 Å². The molecule has 1 aliphatic heterocycles. The van der Waals surface area contributed by atoms with Gasteiger partial charge in [0.15, 0.2) is 5.78 Å². The Labute approximate surface area is 127 Å². The van der Waals surface area contributed by atoms with Crippen molar-refractivity contribution in [2.75, 3.05) is 32.8 Å². The molecule has 1 aliphatic rings. The maximum Gasteiger partial charge on any atom is 0.163 e. The number of ketones is 1. The van der Waals surface area contributed by atoms with E-state index in [1.807, 2.05) is 24.3 Å². The van der Waals surface area contributed by atoms with Crippen molar-refractivity contribution in [3.05, 3.63) is 29.8 Å². The summed E-state index contributed by atoms with van der Waals surface area (Å²) < 4.78 is 5.79. The van der Waals surface area contributed by atoms with Crippen LogP contribution in [0.2, 0.25) is 0 Å². The molecule has 21 heavy (non-hydrogen) atoms. The summed E-state index contributed by atoms with van der Waals surface area (Å²) in [5.41, 5.74) is 6.28. The van der Waals surface area contributed by atoms with Crippen molar-refractivity contribution >= 4 is 5.78 Å². The molecule has 116 valence electrons. The molecule has 0 radical (unpaired) electrons. The largest absolute Gasteiger partial charge is 0.491 e. The van der Waals surface area contributed by atoms with Gasteiger partial charge in [-0.05, 0) is 63.9 Å². The van der Waals surface area contributed by atoms with Crippen molar-refractivity contribution in [3.8, 4) is 5.75 Å². The van der Waals surface area contributed by atoms with Gasteiger partial charge in [-0.25, -0.2) is 0 Å². The van der Waals surface area contributed by atoms with E-state index in [1.165, 1.54) is 12.8 Å². The number of hydrogen-bond acceptors (Lipinski definition) is 4. The molecular formula is C17H26N2O2. The molecule has 0 spiro atoms. The van der Waals surface area contributed by atoms with Gasteiger partial charge in [-0.15, -0.1) is 0 Å². The Hall–Kier alpha value is -1.39. The Morgan fingerprint density at radius 1 is 1.33 bits per heavy atom. The molecule has 0 aromatic heterocycles. The number of Topliss-reactive ketones (excluding diaryl/α,β-unsaturated/α-hetero) is 1. The lowest BCUT2D eigenvalue weighted by atomic mass is 9.94. The Kier molecular flexibility index (Phi) is 6.21. The molecule has 2 rings (SSSR count). The molecule has 1 aromatic carbocycles. The average molecular weight is 290 g/mol. The highest BCUT2D eigenvalue weighted by molar-refractivity contribution is 5.96. The summed E-state index contributed by atoms with van der Waals surface area (Å²) in [5.74, 6) is 1.54. The van der Waals surface area contributed by atoms with Crippen LogP contribution in [0.3, 0.4) is 0 Å². The van der Waals surface area contributed by atoms with E-state index in [1.54, 1.807) is 6.92 Å². The summed E-state index contributed by atoms with van der Waals surface area (Å²) in [5, 5.41) is 0. The fourth-order valence-corrected chi connectivity index (χ4v) is 2.90. The number of carbonyl (C=O) groups excluding carboxylic acids is 1. The first-order valence-corrected chi connectivity index (χ1v) is 7.86. The molecule has 1 aromatic rings. The SMILES string of the molecule is CC(=O)c1ccccc1OCCN1CCC(CCN)CC1. The predicted molar refractivity (Wildman–Crippen MR) is 84.8 cm³/mol. The molecule has 0 aliphatic carbocycles. The molecule has 4 heteroatoms. The predicted octanol–water partition coefficient (Wildman–Crippen LogP) is 2.33. The quantitative estimate of drug-likeness (QED) is 0.783. The van der Waals surface area contributed by atoms with Gasteiger partial charge in [-0.1, -0.05) is 12.1 Å². The smallest absolute Gasteiger partial charge is 0.163 e. The number of nitrogens with two attached hydrogens (primary N) is 1.